The van der Waals surface area contributed by atoms with E-state index in [1.54, 1.807) is 30.7 Å². The molecule has 0 atom stereocenters. The summed E-state index contributed by atoms with van der Waals surface area (Å²) >= 11 is 0. The first-order chi connectivity index (χ1) is 10.2. The van der Waals surface area contributed by atoms with Crippen molar-refractivity contribution in [1.29, 1.82) is 0 Å². The normalized spacial score (nSPS) is 10.5. The number of rotatable bonds is 4. The number of carbonyl (C=O) groups is 1. The van der Waals surface area contributed by atoms with Crippen LogP contribution >= 0.6 is 0 Å². The van der Waals surface area contributed by atoms with Crippen LogP contribution in [0.15, 0.2) is 47.5 Å². The average Bonchev–Trinajstić information content (AvgIpc) is 2.98. The lowest BCUT2D eigenvalue weighted by atomic mass is 10.2. The SMILES string of the molecule is O=C(O)c1coc(Cc2ccc(-c3ncccn3)cn2)n1. The topological polar surface area (TPSA) is 102 Å². The monoisotopic (exact) mass is 282 g/mol. The predicted molar refractivity (Wildman–Crippen MR) is 71.5 cm³/mol. The van der Waals surface area contributed by atoms with Crippen molar-refractivity contribution < 1.29 is 14.3 Å². The molecule has 0 aliphatic rings. The van der Waals surface area contributed by atoms with Gasteiger partial charge in [0.25, 0.3) is 0 Å². The lowest BCUT2D eigenvalue weighted by molar-refractivity contribution is 0.0690. The molecule has 104 valence electrons. The number of carboxylic acids is 1. The standard InChI is InChI=1S/C14H10N4O3/c19-14(20)11-8-21-12(18-11)6-10-3-2-9(7-17-10)13-15-4-1-5-16-13/h1-5,7-8H,6H2,(H,19,20). The summed E-state index contributed by atoms with van der Waals surface area (Å²) in [6.45, 7) is 0. The van der Waals surface area contributed by atoms with Crippen molar-refractivity contribution in [3.8, 4) is 11.4 Å². The van der Waals surface area contributed by atoms with Gasteiger partial charge in [-0.05, 0) is 18.2 Å². The molecule has 0 aliphatic carbocycles. The number of hydrogen-bond acceptors (Lipinski definition) is 6. The van der Waals surface area contributed by atoms with Crippen molar-refractivity contribution >= 4 is 5.97 Å². The van der Waals surface area contributed by atoms with Crippen LogP contribution < -0.4 is 0 Å². The zero-order valence-corrected chi connectivity index (χ0v) is 10.8. The van der Waals surface area contributed by atoms with Crippen molar-refractivity contribution in [2.75, 3.05) is 0 Å². The van der Waals surface area contributed by atoms with Gasteiger partial charge in [0, 0.05) is 29.8 Å². The second-order valence-electron chi connectivity index (χ2n) is 4.22. The van der Waals surface area contributed by atoms with Crippen molar-refractivity contribution in [2.24, 2.45) is 0 Å². The summed E-state index contributed by atoms with van der Waals surface area (Å²) in [5.74, 6) is -0.209. The molecule has 3 heterocycles. The molecule has 0 aromatic carbocycles. The van der Waals surface area contributed by atoms with Crippen molar-refractivity contribution in [3.05, 3.63) is 60.3 Å². The molecule has 0 radical (unpaired) electrons. The van der Waals surface area contributed by atoms with Gasteiger partial charge in [-0.3, -0.25) is 4.98 Å². The second-order valence-corrected chi connectivity index (χ2v) is 4.22. The van der Waals surface area contributed by atoms with E-state index in [0.717, 1.165) is 11.8 Å². The Bertz CT molecular complexity index is 753. The molecule has 7 heteroatoms. The highest BCUT2D eigenvalue weighted by molar-refractivity contribution is 5.84. The zero-order valence-electron chi connectivity index (χ0n) is 10.8. The van der Waals surface area contributed by atoms with Crippen molar-refractivity contribution in [2.45, 2.75) is 6.42 Å². The van der Waals surface area contributed by atoms with Gasteiger partial charge in [0.2, 0.25) is 5.89 Å². The van der Waals surface area contributed by atoms with Gasteiger partial charge in [-0.25, -0.2) is 19.7 Å². The lowest BCUT2D eigenvalue weighted by Crippen LogP contribution is -1.98. The summed E-state index contributed by atoms with van der Waals surface area (Å²) in [5.41, 5.74) is 1.41. The Morgan fingerprint density at radius 2 is 2.00 bits per heavy atom. The van der Waals surface area contributed by atoms with Crippen LogP contribution in [0.1, 0.15) is 22.1 Å². The Morgan fingerprint density at radius 3 is 2.62 bits per heavy atom. The first-order valence-electron chi connectivity index (χ1n) is 6.12. The summed E-state index contributed by atoms with van der Waals surface area (Å²) in [7, 11) is 0. The highest BCUT2D eigenvalue weighted by Gasteiger charge is 2.11. The largest absolute Gasteiger partial charge is 0.476 e. The van der Waals surface area contributed by atoms with Crippen LogP contribution in [0, 0.1) is 0 Å². The fourth-order valence-electron chi connectivity index (χ4n) is 1.75. The van der Waals surface area contributed by atoms with Crippen LogP contribution in [-0.4, -0.2) is 31.0 Å². The molecule has 7 nitrogen and oxygen atoms in total. The van der Waals surface area contributed by atoms with Crippen LogP contribution in [0.3, 0.4) is 0 Å². The van der Waals surface area contributed by atoms with Gasteiger partial charge in [-0.2, -0.15) is 0 Å². The van der Waals surface area contributed by atoms with Gasteiger partial charge < -0.3 is 9.52 Å². The average molecular weight is 282 g/mol. The van der Waals surface area contributed by atoms with Gasteiger partial charge >= 0.3 is 5.97 Å². The Hall–Kier alpha value is -3.09. The van der Waals surface area contributed by atoms with Gasteiger partial charge in [-0.15, -0.1) is 0 Å². The zero-order chi connectivity index (χ0) is 14.7. The van der Waals surface area contributed by atoms with E-state index < -0.39 is 5.97 Å². The van der Waals surface area contributed by atoms with Crippen molar-refractivity contribution in [3.63, 3.8) is 0 Å². The third-order valence-electron chi connectivity index (χ3n) is 2.75. The Labute approximate surface area is 119 Å². The van der Waals surface area contributed by atoms with Gasteiger partial charge in [-0.1, -0.05) is 0 Å². The maximum atomic E-state index is 10.7. The van der Waals surface area contributed by atoms with E-state index in [2.05, 4.69) is 19.9 Å². The minimum Gasteiger partial charge on any atom is -0.476 e. The molecule has 0 fully saturated rings. The lowest BCUT2D eigenvalue weighted by Gasteiger charge is -2.00. The number of hydrogen-bond donors (Lipinski definition) is 1. The van der Waals surface area contributed by atoms with E-state index in [0.29, 0.717) is 23.8 Å². The number of nitrogens with zero attached hydrogens (tertiary/aromatic N) is 4. The summed E-state index contributed by atoms with van der Waals surface area (Å²) in [6, 6.07) is 5.39. The maximum Gasteiger partial charge on any atom is 0.357 e. The van der Waals surface area contributed by atoms with Crippen LogP contribution in [0.25, 0.3) is 11.4 Å². The van der Waals surface area contributed by atoms with E-state index in [4.69, 9.17) is 9.52 Å². The minimum atomic E-state index is -1.12. The summed E-state index contributed by atoms with van der Waals surface area (Å²) < 4.78 is 5.09. The molecule has 21 heavy (non-hydrogen) atoms. The molecule has 0 aliphatic heterocycles. The molecule has 3 aromatic rings. The first kappa shape index (κ1) is 12.9. The highest BCUT2D eigenvalue weighted by atomic mass is 16.4. The highest BCUT2D eigenvalue weighted by Crippen LogP contribution is 2.14. The molecule has 3 rings (SSSR count). The Balaban J connectivity index is 1.76. The quantitative estimate of drug-likeness (QED) is 0.778. The van der Waals surface area contributed by atoms with Gasteiger partial charge in [0.05, 0.1) is 6.42 Å². The van der Waals surface area contributed by atoms with Gasteiger partial charge in [0.1, 0.15) is 6.26 Å². The molecule has 0 unspecified atom stereocenters. The van der Waals surface area contributed by atoms with Crippen LogP contribution in [0.4, 0.5) is 0 Å². The fraction of sp³-hybridized carbons (Fsp3) is 0.0714. The Kier molecular flexibility index (Phi) is 3.38. The molecule has 0 bridgehead atoms. The third-order valence-corrected chi connectivity index (χ3v) is 2.75. The van der Waals surface area contributed by atoms with E-state index >= 15 is 0 Å². The smallest absolute Gasteiger partial charge is 0.357 e. The molecule has 0 saturated heterocycles. The summed E-state index contributed by atoms with van der Waals surface area (Å²) in [6.07, 6.45) is 6.42. The molecular weight excluding hydrogens is 272 g/mol. The van der Waals surface area contributed by atoms with E-state index in [9.17, 15) is 4.79 Å². The number of aromatic nitrogens is 4. The Morgan fingerprint density at radius 1 is 1.19 bits per heavy atom. The summed E-state index contributed by atoms with van der Waals surface area (Å²) in [4.78, 5) is 27.1. The molecule has 0 spiro atoms. The van der Waals surface area contributed by atoms with Crippen LogP contribution in [-0.2, 0) is 6.42 Å². The van der Waals surface area contributed by atoms with Crippen LogP contribution in [0.2, 0.25) is 0 Å². The van der Waals surface area contributed by atoms with E-state index in [-0.39, 0.29) is 5.69 Å². The number of oxazole rings is 1. The molecule has 0 amide bonds. The molecular formula is C14H10N4O3. The summed E-state index contributed by atoms with van der Waals surface area (Å²) in [5, 5.41) is 8.77. The second kappa shape index (κ2) is 5.49. The minimum absolute atomic E-state index is 0.112. The van der Waals surface area contributed by atoms with Crippen LogP contribution in [0.5, 0.6) is 0 Å². The predicted octanol–water partition coefficient (Wildman–Crippen LogP) is 1.82. The van der Waals surface area contributed by atoms with E-state index in [1.165, 1.54) is 0 Å². The molecule has 1 N–H and O–H groups in total. The maximum absolute atomic E-state index is 10.7. The third kappa shape index (κ3) is 2.92. The van der Waals surface area contributed by atoms with Crippen molar-refractivity contribution in [1.82, 2.24) is 19.9 Å². The molecule has 0 saturated carbocycles. The number of pyridine rings is 1. The molecule has 3 aromatic heterocycles. The van der Waals surface area contributed by atoms with Gasteiger partial charge in [0.15, 0.2) is 11.5 Å². The first-order valence-corrected chi connectivity index (χ1v) is 6.12. The fourth-order valence-corrected chi connectivity index (χ4v) is 1.75. The van der Waals surface area contributed by atoms with E-state index in [1.807, 2.05) is 6.07 Å². The number of carboxylic acid groups (broad SMARTS) is 1. The number of aromatic carboxylic acids is 1.